The van der Waals surface area contributed by atoms with E-state index in [2.05, 4.69) is 21.9 Å². The van der Waals surface area contributed by atoms with Crippen LogP contribution in [0.5, 0.6) is 5.88 Å². The van der Waals surface area contributed by atoms with Gasteiger partial charge in [0.25, 0.3) is 5.91 Å². The fourth-order valence-electron chi connectivity index (χ4n) is 6.65. The van der Waals surface area contributed by atoms with Crippen molar-refractivity contribution in [3.05, 3.63) is 67.3 Å². The second-order valence-electron chi connectivity index (χ2n) is 16.3. The molecule has 2 saturated carbocycles. The van der Waals surface area contributed by atoms with Gasteiger partial charge in [0.1, 0.15) is 29.3 Å². The van der Waals surface area contributed by atoms with Gasteiger partial charge in [-0.3, -0.25) is 19.1 Å². The maximum atomic E-state index is 14.6. The number of carbonyl (C=O) groups excluding carboxylic acids is 4. The smallest absolute Gasteiger partial charge is 0.408 e. The highest BCUT2D eigenvalue weighted by Crippen LogP contribution is 2.45. The lowest BCUT2D eigenvalue weighted by Gasteiger charge is -2.36. The number of ether oxygens (including phenoxy) is 2. The number of alkyl carbamates (subject to hydrolysis) is 1. The number of likely N-dealkylation sites (tertiary alicyclic amines) is 1. The highest BCUT2D eigenvalue weighted by atomic mass is 32.2. The predicted octanol–water partition coefficient (Wildman–Crippen LogP) is 4.25. The molecular weight excluding hydrogens is 713 g/mol. The van der Waals surface area contributed by atoms with Gasteiger partial charge >= 0.3 is 6.09 Å². The van der Waals surface area contributed by atoms with E-state index in [1.807, 2.05) is 54.6 Å². The Morgan fingerprint density at radius 1 is 0.981 bits per heavy atom. The first-order valence-electron chi connectivity index (χ1n) is 18.1. The van der Waals surface area contributed by atoms with Crippen LogP contribution in [0.25, 0.3) is 22.3 Å². The normalized spacial score (nSPS) is 23.2. The molecule has 54 heavy (non-hydrogen) atoms. The number of nitrogens with one attached hydrogen (secondary N) is 3. The van der Waals surface area contributed by atoms with E-state index in [-0.39, 0.29) is 25.3 Å². The maximum absolute atomic E-state index is 14.6. The highest BCUT2D eigenvalue weighted by molar-refractivity contribution is 7.91. The molecular formula is C39H48N6O8S. The van der Waals surface area contributed by atoms with Crippen LogP contribution >= 0.6 is 0 Å². The minimum Gasteiger partial charge on any atom is -0.472 e. The summed E-state index contributed by atoms with van der Waals surface area (Å²) >= 11 is 0. The third kappa shape index (κ3) is 8.35. The summed E-state index contributed by atoms with van der Waals surface area (Å²) in [5, 5.41) is 5.49. The van der Waals surface area contributed by atoms with E-state index in [1.54, 1.807) is 41.5 Å². The summed E-state index contributed by atoms with van der Waals surface area (Å²) < 4.78 is 39.6. The summed E-state index contributed by atoms with van der Waals surface area (Å²) in [6.45, 7) is 14.2. The van der Waals surface area contributed by atoms with Gasteiger partial charge in [-0.1, -0.05) is 69.3 Å². The van der Waals surface area contributed by atoms with Crippen LogP contribution in [0.3, 0.4) is 0 Å². The number of rotatable bonds is 11. The molecule has 2 aliphatic carbocycles. The van der Waals surface area contributed by atoms with Crippen LogP contribution in [0.4, 0.5) is 4.79 Å². The minimum absolute atomic E-state index is 0.00327. The van der Waals surface area contributed by atoms with Gasteiger partial charge < -0.3 is 25.0 Å². The van der Waals surface area contributed by atoms with Crippen LogP contribution in [-0.4, -0.2) is 88.2 Å². The zero-order valence-electron chi connectivity index (χ0n) is 31.4. The van der Waals surface area contributed by atoms with Crippen molar-refractivity contribution >= 4 is 44.7 Å². The van der Waals surface area contributed by atoms with E-state index in [0.717, 1.165) is 5.56 Å². The van der Waals surface area contributed by atoms with Crippen LogP contribution < -0.4 is 20.1 Å². The molecule has 288 valence electrons. The zero-order chi connectivity index (χ0) is 39.2. The fourth-order valence-corrected chi connectivity index (χ4v) is 8.01. The van der Waals surface area contributed by atoms with Gasteiger partial charge in [-0.05, 0) is 57.6 Å². The van der Waals surface area contributed by atoms with Crippen molar-refractivity contribution in [2.45, 2.75) is 102 Å². The molecule has 5 atom stereocenters. The standard InChI is InChI=1S/C39H48N6O8S/c1-8-24-21-39(24,35(48)44-54(50,51)26-18-19-26)43-32(46)29-20-25(22-45(29)34(47)30(37(2,3)4)41-36(49)53-38(5,6)7)52-33-27-16-12-13-17-28(27)40-31(42-33)23-14-10-9-11-15-23/h8-17,24-26,29-30H,1,18-22H2,2-7H3,(H,41,49)(H,43,46)(H,44,48)/t24?,25?,29?,30-,39-/m1/s1. The molecule has 14 nitrogen and oxygen atoms in total. The van der Waals surface area contributed by atoms with Crippen molar-refractivity contribution in [3.8, 4) is 17.3 Å². The average Bonchev–Trinajstić information content (AvgIpc) is 4.03. The first-order chi connectivity index (χ1) is 25.3. The molecule has 2 aromatic carbocycles. The lowest BCUT2D eigenvalue weighted by atomic mass is 9.85. The number of fused-ring (bicyclic) bond motifs is 1. The number of para-hydroxylation sites is 1. The molecule has 3 N–H and O–H groups in total. The predicted molar refractivity (Wildman–Crippen MR) is 201 cm³/mol. The molecule has 3 fully saturated rings. The maximum Gasteiger partial charge on any atom is 0.408 e. The summed E-state index contributed by atoms with van der Waals surface area (Å²) in [5.74, 6) is -1.95. The lowest BCUT2D eigenvalue weighted by molar-refractivity contribution is -0.143. The molecule has 15 heteroatoms. The Bertz CT molecular complexity index is 2080. The van der Waals surface area contributed by atoms with Crippen molar-refractivity contribution < 1.29 is 37.1 Å². The molecule has 0 bridgehead atoms. The number of carbonyl (C=O) groups is 4. The third-order valence-corrected chi connectivity index (χ3v) is 11.6. The number of amides is 4. The molecule has 1 aliphatic heterocycles. The summed E-state index contributed by atoms with van der Waals surface area (Å²) in [4.78, 5) is 66.3. The Kier molecular flexibility index (Phi) is 10.2. The molecule has 6 rings (SSSR count). The molecule has 4 amide bonds. The summed E-state index contributed by atoms with van der Waals surface area (Å²) in [5.41, 5.74) is -1.83. The molecule has 1 saturated heterocycles. The Labute approximate surface area is 315 Å². The summed E-state index contributed by atoms with van der Waals surface area (Å²) in [6.07, 6.45) is 0.971. The van der Waals surface area contributed by atoms with E-state index >= 15 is 0 Å². The molecule has 3 aliphatic rings. The summed E-state index contributed by atoms with van der Waals surface area (Å²) in [6, 6.07) is 14.4. The van der Waals surface area contributed by atoms with E-state index in [4.69, 9.17) is 19.4 Å². The van der Waals surface area contributed by atoms with Crippen molar-refractivity contribution in [2.24, 2.45) is 11.3 Å². The average molecular weight is 761 g/mol. The van der Waals surface area contributed by atoms with Gasteiger partial charge in [-0.25, -0.2) is 18.2 Å². The first kappa shape index (κ1) is 38.7. The largest absolute Gasteiger partial charge is 0.472 e. The number of hydrogen-bond acceptors (Lipinski definition) is 10. The van der Waals surface area contributed by atoms with Gasteiger partial charge in [0, 0.05) is 17.9 Å². The van der Waals surface area contributed by atoms with Crippen molar-refractivity contribution in [3.63, 3.8) is 0 Å². The Balaban J connectivity index is 1.33. The summed E-state index contributed by atoms with van der Waals surface area (Å²) in [7, 11) is -3.91. The van der Waals surface area contributed by atoms with E-state index in [1.165, 1.54) is 11.0 Å². The third-order valence-electron chi connectivity index (χ3n) is 9.75. The highest BCUT2D eigenvalue weighted by Gasteiger charge is 2.62. The van der Waals surface area contributed by atoms with Crippen molar-refractivity contribution in [2.75, 3.05) is 6.54 Å². The van der Waals surface area contributed by atoms with E-state index in [9.17, 15) is 27.6 Å². The van der Waals surface area contributed by atoms with Gasteiger partial charge in [0.15, 0.2) is 5.82 Å². The molecule has 2 heterocycles. The van der Waals surface area contributed by atoms with Crippen molar-refractivity contribution in [1.29, 1.82) is 0 Å². The Morgan fingerprint density at radius 2 is 1.65 bits per heavy atom. The Morgan fingerprint density at radius 3 is 2.26 bits per heavy atom. The number of benzene rings is 2. The number of nitrogens with zero attached hydrogens (tertiary/aromatic N) is 3. The molecule has 0 radical (unpaired) electrons. The molecule has 3 aromatic rings. The van der Waals surface area contributed by atoms with Crippen LogP contribution in [-0.2, 0) is 29.1 Å². The second kappa shape index (κ2) is 14.3. The fraction of sp³-hybridized carbons (Fsp3) is 0.487. The van der Waals surface area contributed by atoms with Crippen LogP contribution in [0.1, 0.15) is 67.2 Å². The van der Waals surface area contributed by atoms with Gasteiger partial charge in [0.2, 0.25) is 27.7 Å². The van der Waals surface area contributed by atoms with E-state index < -0.39 is 79.7 Å². The molecule has 1 aromatic heterocycles. The number of aromatic nitrogens is 2. The molecule has 3 unspecified atom stereocenters. The SMILES string of the molecule is C=CC1C[C@]1(NC(=O)C1CC(Oc2nc(-c3ccccc3)nc3ccccc23)CN1C(=O)[C@@H](NC(=O)OC(C)(C)C)C(C)(C)C)C(=O)NS(=O)(=O)C1CC1. The first-order valence-corrected chi connectivity index (χ1v) is 19.7. The minimum atomic E-state index is -3.91. The van der Waals surface area contributed by atoms with Crippen LogP contribution in [0.2, 0.25) is 0 Å². The van der Waals surface area contributed by atoms with E-state index in [0.29, 0.717) is 29.6 Å². The van der Waals surface area contributed by atoms with Crippen LogP contribution in [0, 0.1) is 11.3 Å². The second-order valence-corrected chi connectivity index (χ2v) is 18.3. The Hall–Kier alpha value is -5.05. The van der Waals surface area contributed by atoms with Gasteiger partial charge in [0.05, 0.1) is 22.7 Å². The zero-order valence-corrected chi connectivity index (χ0v) is 32.2. The van der Waals surface area contributed by atoms with Crippen LogP contribution in [0.15, 0.2) is 67.3 Å². The number of sulfonamides is 1. The van der Waals surface area contributed by atoms with Gasteiger partial charge in [-0.2, -0.15) is 4.98 Å². The molecule has 0 spiro atoms. The monoisotopic (exact) mass is 760 g/mol. The topological polar surface area (TPSA) is 186 Å². The van der Waals surface area contributed by atoms with Crippen molar-refractivity contribution in [1.82, 2.24) is 30.2 Å². The quantitative estimate of drug-likeness (QED) is 0.239. The van der Waals surface area contributed by atoms with Gasteiger partial charge in [-0.15, -0.1) is 6.58 Å². The lowest BCUT2D eigenvalue weighted by Crippen LogP contribution is -2.60. The number of hydrogen-bond donors (Lipinski definition) is 3.